The van der Waals surface area contributed by atoms with Crippen molar-refractivity contribution in [3.8, 4) is 0 Å². The highest BCUT2D eigenvalue weighted by molar-refractivity contribution is 7.80. The zero-order chi connectivity index (χ0) is 16.1. The number of rotatable bonds is 5. The molecule has 2 aromatic heterocycles. The normalized spacial score (nSPS) is 11.9. The van der Waals surface area contributed by atoms with Gasteiger partial charge in [0.2, 0.25) is 0 Å². The van der Waals surface area contributed by atoms with Crippen LogP contribution in [0.3, 0.4) is 0 Å². The Morgan fingerprint density at radius 1 is 1.17 bits per heavy atom. The van der Waals surface area contributed by atoms with Crippen molar-refractivity contribution in [2.45, 2.75) is 19.5 Å². The zero-order valence-corrected chi connectivity index (χ0v) is 14.4. The topological polar surface area (TPSA) is 37.2 Å². The van der Waals surface area contributed by atoms with Crippen molar-refractivity contribution in [1.82, 2.24) is 10.6 Å². The molecule has 0 saturated carbocycles. The first-order valence-corrected chi connectivity index (χ1v) is 8.68. The van der Waals surface area contributed by atoms with Gasteiger partial charge in [0.25, 0.3) is 0 Å². The van der Waals surface area contributed by atoms with Crippen molar-refractivity contribution in [1.29, 1.82) is 0 Å². The van der Waals surface area contributed by atoms with Gasteiger partial charge in [-0.05, 0) is 48.3 Å². The minimum Gasteiger partial charge on any atom is -0.467 e. The number of thiocarbonyl (C=S) groups is 1. The molecule has 0 fully saturated rings. The van der Waals surface area contributed by atoms with Crippen LogP contribution in [-0.2, 0) is 6.54 Å². The number of aryl methyl sites for hydroxylation is 1. The van der Waals surface area contributed by atoms with E-state index in [-0.39, 0.29) is 6.04 Å². The van der Waals surface area contributed by atoms with Gasteiger partial charge in [-0.15, -0.1) is 11.3 Å². The largest absolute Gasteiger partial charge is 0.467 e. The Balaban J connectivity index is 1.71. The fourth-order valence-electron chi connectivity index (χ4n) is 2.30. The third-order valence-corrected chi connectivity index (χ3v) is 4.72. The van der Waals surface area contributed by atoms with E-state index >= 15 is 0 Å². The molecule has 0 aliphatic heterocycles. The van der Waals surface area contributed by atoms with Crippen LogP contribution in [0.25, 0.3) is 0 Å². The Morgan fingerprint density at radius 2 is 2.00 bits per heavy atom. The van der Waals surface area contributed by atoms with Crippen LogP contribution in [0.2, 0.25) is 0 Å². The van der Waals surface area contributed by atoms with E-state index in [0.29, 0.717) is 11.7 Å². The highest BCUT2D eigenvalue weighted by atomic mass is 32.1. The quantitative estimate of drug-likeness (QED) is 0.674. The van der Waals surface area contributed by atoms with Crippen LogP contribution >= 0.6 is 23.6 Å². The molecule has 0 aliphatic rings. The summed E-state index contributed by atoms with van der Waals surface area (Å²) in [5.41, 5.74) is 2.44. The SMILES string of the molecule is Cc1ccc([C@H](NC(=S)NCc2ccco2)c2cccs2)cc1. The molecule has 118 valence electrons. The minimum atomic E-state index is 0.0483. The van der Waals surface area contributed by atoms with Crippen molar-refractivity contribution in [3.63, 3.8) is 0 Å². The van der Waals surface area contributed by atoms with Gasteiger partial charge in [0.15, 0.2) is 5.11 Å². The van der Waals surface area contributed by atoms with Gasteiger partial charge in [-0.1, -0.05) is 35.9 Å². The maximum absolute atomic E-state index is 5.44. The third kappa shape index (κ3) is 4.21. The van der Waals surface area contributed by atoms with Crippen LogP contribution in [0.15, 0.2) is 64.6 Å². The van der Waals surface area contributed by atoms with E-state index in [4.69, 9.17) is 16.6 Å². The van der Waals surface area contributed by atoms with Gasteiger partial charge in [-0.2, -0.15) is 0 Å². The maximum atomic E-state index is 5.44. The first kappa shape index (κ1) is 15.8. The van der Waals surface area contributed by atoms with Gasteiger partial charge in [-0.25, -0.2) is 0 Å². The molecule has 0 radical (unpaired) electrons. The Labute approximate surface area is 145 Å². The van der Waals surface area contributed by atoms with E-state index in [1.807, 2.05) is 12.1 Å². The van der Waals surface area contributed by atoms with Crippen LogP contribution in [0, 0.1) is 6.92 Å². The van der Waals surface area contributed by atoms with Crippen molar-refractivity contribution in [2.24, 2.45) is 0 Å². The molecule has 0 bridgehead atoms. The molecule has 3 aromatic rings. The molecule has 0 saturated heterocycles. The number of hydrogen-bond acceptors (Lipinski definition) is 3. The second kappa shape index (κ2) is 7.44. The lowest BCUT2D eigenvalue weighted by Crippen LogP contribution is -2.37. The van der Waals surface area contributed by atoms with Crippen molar-refractivity contribution >= 4 is 28.7 Å². The van der Waals surface area contributed by atoms with E-state index in [2.05, 4.69) is 59.3 Å². The minimum absolute atomic E-state index is 0.0483. The first-order valence-electron chi connectivity index (χ1n) is 7.39. The Kier molecular flexibility index (Phi) is 5.10. The smallest absolute Gasteiger partial charge is 0.167 e. The van der Waals surface area contributed by atoms with Crippen molar-refractivity contribution in [3.05, 3.63) is 81.9 Å². The third-order valence-electron chi connectivity index (χ3n) is 3.52. The summed E-state index contributed by atoms with van der Waals surface area (Å²) in [5.74, 6) is 0.858. The number of nitrogens with one attached hydrogen (secondary N) is 2. The first-order chi connectivity index (χ1) is 11.2. The van der Waals surface area contributed by atoms with Crippen LogP contribution in [0.1, 0.15) is 27.8 Å². The molecule has 0 unspecified atom stereocenters. The van der Waals surface area contributed by atoms with Crippen LogP contribution in [0.4, 0.5) is 0 Å². The van der Waals surface area contributed by atoms with Crippen molar-refractivity contribution in [2.75, 3.05) is 0 Å². The van der Waals surface area contributed by atoms with Gasteiger partial charge in [0.05, 0.1) is 18.8 Å². The number of thiophene rings is 1. The van der Waals surface area contributed by atoms with Crippen LogP contribution in [-0.4, -0.2) is 5.11 Å². The average molecular weight is 342 g/mol. The highest BCUT2D eigenvalue weighted by Crippen LogP contribution is 2.26. The van der Waals surface area contributed by atoms with Crippen molar-refractivity contribution < 1.29 is 4.42 Å². The molecule has 0 aliphatic carbocycles. The Bertz CT molecular complexity index is 734. The molecule has 3 nitrogen and oxygen atoms in total. The van der Waals surface area contributed by atoms with Gasteiger partial charge < -0.3 is 15.1 Å². The second-order valence-corrected chi connectivity index (χ2v) is 6.65. The molecule has 1 aromatic carbocycles. The molecule has 0 spiro atoms. The summed E-state index contributed by atoms with van der Waals surface area (Å²) in [6, 6.07) is 16.5. The van der Waals surface area contributed by atoms with Gasteiger partial charge >= 0.3 is 0 Å². The molecular weight excluding hydrogens is 324 g/mol. The summed E-state index contributed by atoms with van der Waals surface area (Å²) in [6.45, 7) is 2.66. The standard InChI is InChI=1S/C18H18N2OS2/c1-13-6-8-14(9-7-13)17(16-5-3-11-23-16)20-18(22)19-12-15-4-2-10-21-15/h2-11,17H,12H2,1H3,(H2,19,20,22)/t17-/m0/s1. The van der Waals surface area contributed by atoms with Crippen LogP contribution in [0.5, 0.6) is 0 Å². The summed E-state index contributed by atoms with van der Waals surface area (Å²) < 4.78 is 5.31. The number of benzene rings is 1. The van der Waals surface area contributed by atoms with E-state index in [1.54, 1.807) is 17.6 Å². The van der Waals surface area contributed by atoms with Gasteiger partial charge in [0, 0.05) is 4.88 Å². The molecule has 2 N–H and O–H groups in total. The van der Waals surface area contributed by atoms with E-state index in [0.717, 1.165) is 5.76 Å². The summed E-state index contributed by atoms with van der Waals surface area (Å²) in [7, 11) is 0. The number of furan rings is 1. The summed E-state index contributed by atoms with van der Waals surface area (Å²) >= 11 is 7.16. The lowest BCUT2D eigenvalue weighted by atomic mass is 10.0. The summed E-state index contributed by atoms with van der Waals surface area (Å²) in [5, 5.41) is 9.29. The van der Waals surface area contributed by atoms with E-state index < -0.39 is 0 Å². The van der Waals surface area contributed by atoms with Crippen LogP contribution < -0.4 is 10.6 Å². The highest BCUT2D eigenvalue weighted by Gasteiger charge is 2.16. The van der Waals surface area contributed by atoms with Gasteiger partial charge in [-0.3, -0.25) is 0 Å². The van der Waals surface area contributed by atoms with E-state index in [1.165, 1.54) is 16.0 Å². The fourth-order valence-corrected chi connectivity index (χ4v) is 3.29. The molecular formula is C18H18N2OS2. The Morgan fingerprint density at radius 3 is 2.65 bits per heavy atom. The zero-order valence-electron chi connectivity index (χ0n) is 12.8. The predicted octanol–water partition coefficient (Wildman–Crippen LogP) is 4.40. The average Bonchev–Trinajstić information content (AvgIpc) is 3.25. The molecule has 5 heteroatoms. The second-order valence-electron chi connectivity index (χ2n) is 5.27. The predicted molar refractivity (Wildman–Crippen MR) is 98.6 cm³/mol. The molecule has 1 atom stereocenters. The lowest BCUT2D eigenvalue weighted by molar-refractivity contribution is 0.502. The molecule has 23 heavy (non-hydrogen) atoms. The fraction of sp³-hybridized carbons (Fsp3) is 0.167. The number of hydrogen-bond donors (Lipinski definition) is 2. The van der Waals surface area contributed by atoms with E-state index in [9.17, 15) is 0 Å². The summed E-state index contributed by atoms with van der Waals surface area (Å²) in [4.78, 5) is 1.23. The maximum Gasteiger partial charge on any atom is 0.167 e. The van der Waals surface area contributed by atoms with Gasteiger partial charge in [0.1, 0.15) is 5.76 Å². The lowest BCUT2D eigenvalue weighted by Gasteiger charge is -2.20. The Hall–Kier alpha value is -2.11. The molecule has 3 rings (SSSR count). The molecule has 2 heterocycles. The monoisotopic (exact) mass is 342 g/mol. The summed E-state index contributed by atoms with van der Waals surface area (Å²) in [6.07, 6.45) is 1.66. The molecule has 0 amide bonds.